The first-order chi connectivity index (χ1) is 8.75. The molecule has 2 aliphatic rings. The van der Waals surface area contributed by atoms with E-state index in [0.29, 0.717) is 6.04 Å². The molecule has 0 radical (unpaired) electrons. The van der Waals surface area contributed by atoms with Gasteiger partial charge in [0, 0.05) is 12.6 Å². The predicted octanol–water partition coefficient (Wildman–Crippen LogP) is 1.34. The summed E-state index contributed by atoms with van der Waals surface area (Å²) in [6, 6.07) is 4.15. The van der Waals surface area contributed by atoms with Gasteiger partial charge in [0.05, 0.1) is 0 Å². The van der Waals surface area contributed by atoms with Gasteiger partial charge < -0.3 is 10.6 Å². The largest absolute Gasteiger partial charge is 0.364 e. The third-order valence-corrected chi connectivity index (χ3v) is 4.21. The van der Waals surface area contributed by atoms with Crippen LogP contribution in [0.3, 0.4) is 0 Å². The Hall–Kier alpha value is -1.65. The normalized spacial score (nSPS) is 27.0. The van der Waals surface area contributed by atoms with Crippen molar-refractivity contribution in [3.8, 4) is 0 Å². The van der Waals surface area contributed by atoms with Gasteiger partial charge in [0.1, 0.15) is 0 Å². The van der Waals surface area contributed by atoms with Crippen molar-refractivity contribution in [3.05, 3.63) is 17.8 Å². The zero-order chi connectivity index (χ0) is 12.5. The van der Waals surface area contributed by atoms with Gasteiger partial charge in [0.25, 0.3) is 5.91 Å². The number of aromatic nitrogens is 2. The number of hydrogen-bond donors (Lipinski definition) is 1. The number of amides is 1. The molecule has 2 fully saturated rings. The molecule has 2 atom stereocenters. The van der Waals surface area contributed by atoms with E-state index >= 15 is 0 Å². The van der Waals surface area contributed by atoms with Crippen molar-refractivity contribution >= 4 is 11.7 Å². The van der Waals surface area contributed by atoms with E-state index in [2.05, 4.69) is 15.1 Å². The number of nitrogens with zero attached hydrogens (tertiary/aromatic N) is 3. The summed E-state index contributed by atoms with van der Waals surface area (Å²) < 4.78 is 0. The van der Waals surface area contributed by atoms with Gasteiger partial charge in [0.2, 0.25) is 0 Å². The standard InChI is InChI=1S/C13H18N4O/c14-13(18)10-5-6-12(16-15-10)17-8-7-9-3-1-2-4-11(9)17/h5-6,9,11H,1-4,7-8H2,(H2,14,18)/t9-,11+/m0/s1. The number of nitrogens with two attached hydrogens (primary N) is 1. The molecule has 5 heteroatoms. The fourth-order valence-corrected chi connectivity index (χ4v) is 3.30. The van der Waals surface area contributed by atoms with Crippen LogP contribution < -0.4 is 10.6 Å². The summed E-state index contributed by atoms with van der Waals surface area (Å²) in [4.78, 5) is 13.3. The number of carbonyl (C=O) groups is 1. The van der Waals surface area contributed by atoms with Gasteiger partial charge >= 0.3 is 0 Å². The van der Waals surface area contributed by atoms with Crippen molar-refractivity contribution in [1.29, 1.82) is 0 Å². The summed E-state index contributed by atoms with van der Waals surface area (Å²) in [5.74, 6) is 1.18. The molecule has 1 aromatic rings. The van der Waals surface area contributed by atoms with Gasteiger partial charge in [-0.05, 0) is 37.3 Å². The van der Waals surface area contributed by atoms with Crippen molar-refractivity contribution < 1.29 is 4.79 Å². The summed E-state index contributed by atoms with van der Waals surface area (Å²) >= 11 is 0. The van der Waals surface area contributed by atoms with E-state index < -0.39 is 5.91 Å². The molecule has 96 valence electrons. The van der Waals surface area contributed by atoms with Crippen molar-refractivity contribution in [2.75, 3.05) is 11.4 Å². The minimum absolute atomic E-state index is 0.234. The minimum Gasteiger partial charge on any atom is -0.364 e. The van der Waals surface area contributed by atoms with E-state index in [-0.39, 0.29) is 5.69 Å². The van der Waals surface area contributed by atoms with Crippen molar-refractivity contribution in [2.45, 2.75) is 38.1 Å². The number of primary amides is 1. The number of carbonyl (C=O) groups excluding carboxylic acids is 1. The van der Waals surface area contributed by atoms with Gasteiger partial charge in [-0.1, -0.05) is 12.8 Å². The first kappa shape index (κ1) is 11.4. The smallest absolute Gasteiger partial charge is 0.269 e. The summed E-state index contributed by atoms with van der Waals surface area (Å²) in [7, 11) is 0. The summed E-state index contributed by atoms with van der Waals surface area (Å²) in [6.45, 7) is 1.06. The SMILES string of the molecule is NC(=O)c1ccc(N2CC[C@@H]3CCCC[C@H]32)nn1. The first-order valence-electron chi connectivity index (χ1n) is 6.66. The fourth-order valence-electron chi connectivity index (χ4n) is 3.30. The van der Waals surface area contributed by atoms with Crippen LogP contribution >= 0.6 is 0 Å². The van der Waals surface area contributed by atoms with Crippen LogP contribution in [0.4, 0.5) is 5.82 Å². The zero-order valence-electron chi connectivity index (χ0n) is 10.4. The molecule has 1 aromatic heterocycles. The molecule has 1 amide bonds. The molecule has 3 rings (SSSR count). The van der Waals surface area contributed by atoms with Gasteiger partial charge in [-0.25, -0.2) is 0 Å². The number of fused-ring (bicyclic) bond motifs is 1. The van der Waals surface area contributed by atoms with E-state index in [1.54, 1.807) is 6.07 Å². The van der Waals surface area contributed by atoms with Crippen LogP contribution in [-0.2, 0) is 0 Å². The molecule has 0 aromatic carbocycles. The topological polar surface area (TPSA) is 72.1 Å². The van der Waals surface area contributed by atoms with Crippen LogP contribution in [0.1, 0.15) is 42.6 Å². The highest BCUT2D eigenvalue weighted by molar-refractivity contribution is 5.90. The van der Waals surface area contributed by atoms with E-state index in [1.807, 2.05) is 6.07 Å². The predicted molar refractivity (Wildman–Crippen MR) is 68.3 cm³/mol. The highest BCUT2D eigenvalue weighted by Crippen LogP contribution is 2.37. The Morgan fingerprint density at radius 2 is 2.06 bits per heavy atom. The Labute approximate surface area is 106 Å². The maximum absolute atomic E-state index is 11.0. The van der Waals surface area contributed by atoms with E-state index in [1.165, 1.54) is 32.1 Å². The van der Waals surface area contributed by atoms with Crippen LogP contribution in [-0.4, -0.2) is 28.7 Å². The average Bonchev–Trinajstić information content (AvgIpc) is 2.82. The molecule has 2 N–H and O–H groups in total. The zero-order valence-corrected chi connectivity index (χ0v) is 10.4. The molecule has 0 bridgehead atoms. The average molecular weight is 246 g/mol. The molecule has 1 aliphatic heterocycles. The lowest BCUT2D eigenvalue weighted by Crippen LogP contribution is -2.35. The van der Waals surface area contributed by atoms with Gasteiger partial charge in [0.15, 0.2) is 11.5 Å². The van der Waals surface area contributed by atoms with Crippen LogP contribution in [0, 0.1) is 5.92 Å². The monoisotopic (exact) mass is 246 g/mol. The Kier molecular flexibility index (Phi) is 2.89. The molecule has 0 spiro atoms. The molecule has 5 nitrogen and oxygen atoms in total. The van der Waals surface area contributed by atoms with E-state index in [9.17, 15) is 4.79 Å². The lowest BCUT2D eigenvalue weighted by Gasteiger charge is -2.32. The van der Waals surface area contributed by atoms with Crippen molar-refractivity contribution in [2.24, 2.45) is 11.7 Å². The summed E-state index contributed by atoms with van der Waals surface area (Å²) in [5.41, 5.74) is 5.40. The van der Waals surface area contributed by atoms with Crippen LogP contribution in [0.25, 0.3) is 0 Å². The highest BCUT2D eigenvalue weighted by Gasteiger charge is 2.36. The third kappa shape index (κ3) is 1.94. The lowest BCUT2D eigenvalue weighted by atomic mass is 9.85. The second-order valence-corrected chi connectivity index (χ2v) is 5.23. The fraction of sp³-hybridized carbons (Fsp3) is 0.615. The molecular weight excluding hydrogens is 228 g/mol. The van der Waals surface area contributed by atoms with Gasteiger partial charge in [-0.3, -0.25) is 4.79 Å². The van der Waals surface area contributed by atoms with Crippen molar-refractivity contribution in [3.63, 3.8) is 0 Å². The van der Waals surface area contributed by atoms with Crippen LogP contribution in [0.15, 0.2) is 12.1 Å². The quantitative estimate of drug-likeness (QED) is 0.854. The molecule has 1 aliphatic carbocycles. The van der Waals surface area contributed by atoms with E-state index in [0.717, 1.165) is 18.3 Å². The number of hydrogen-bond acceptors (Lipinski definition) is 4. The van der Waals surface area contributed by atoms with Gasteiger partial charge in [-0.15, -0.1) is 10.2 Å². The molecule has 2 heterocycles. The highest BCUT2D eigenvalue weighted by atomic mass is 16.1. The molecule has 1 saturated carbocycles. The second kappa shape index (κ2) is 4.55. The first-order valence-corrected chi connectivity index (χ1v) is 6.66. The molecule has 1 saturated heterocycles. The van der Waals surface area contributed by atoms with Crippen LogP contribution in [0.2, 0.25) is 0 Å². The summed E-state index contributed by atoms with van der Waals surface area (Å²) in [6.07, 6.45) is 6.52. The second-order valence-electron chi connectivity index (χ2n) is 5.23. The molecule has 18 heavy (non-hydrogen) atoms. The molecular formula is C13H18N4O. The number of rotatable bonds is 2. The summed E-state index contributed by atoms with van der Waals surface area (Å²) in [5, 5.41) is 8.04. The minimum atomic E-state index is -0.522. The molecule has 0 unspecified atom stereocenters. The van der Waals surface area contributed by atoms with Crippen LogP contribution in [0.5, 0.6) is 0 Å². The number of anilines is 1. The van der Waals surface area contributed by atoms with Crippen molar-refractivity contribution in [1.82, 2.24) is 10.2 Å². The Bertz CT molecular complexity index is 445. The van der Waals surface area contributed by atoms with Gasteiger partial charge in [-0.2, -0.15) is 0 Å². The Balaban J connectivity index is 1.80. The maximum atomic E-state index is 11.0. The lowest BCUT2D eigenvalue weighted by molar-refractivity contribution is 0.0994. The van der Waals surface area contributed by atoms with E-state index in [4.69, 9.17) is 5.73 Å². The third-order valence-electron chi connectivity index (χ3n) is 4.21. The Morgan fingerprint density at radius 1 is 1.22 bits per heavy atom. The Morgan fingerprint density at radius 3 is 2.78 bits per heavy atom. The maximum Gasteiger partial charge on any atom is 0.269 e.